The van der Waals surface area contributed by atoms with Crippen molar-refractivity contribution in [3.05, 3.63) is 28.2 Å². The molecule has 0 amide bonds. The van der Waals surface area contributed by atoms with E-state index in [2.05, 4.69) is 46.0 Å². The van der Waals surface area contributed by atoms with Gasteiger partial charge in [0.2, 0.25) is 0 Å². The van der Waals surface area contributed by atoms with Crippen LogP contribution in [-0.4, -0.2) is 18.6 Å². The van der Waals surface area contributed by atoms with Crippen molar-refractivity contribution < 1.29 is 0 Å². The molecule has 0 spiro atoms. The number of anilines is 1. The topological polar surface area (TPSA) is 29.3 Å². The summed E-state index contributed by atoms with van der Waals surface area (Å²) in [5.74, 6) is 0.920. The molecule has 0 aromatic heterocycles. The van der Waals surface area contributed by atoms with E-state index in [-0.39, 0.29) is 6.04 Å². The van der Waals surface area contributed by atoms with Crippen LogP contribution in [0.5, 0.6) is 0 Å². The molecule has 1 saturated heterocycles. The molecule has 2 unspecified atom stereocenters. The first-order valence-electron chi connectivity index (χ1n) is 8.46. The van der Waals surface area contributed by atoms with Crippen molar-refractivity contribution in [2.75, 3.05) is 11.4 Å². The maximum absolute atomic E-state index is 5.91. The van der Waals surface area contributed by atoms with Gasteiger partial charge in [0.05, 0.1) is 5.69 Å². The summed E-state index contributed by atoms with van der Waals surface area (Å²) in [7, 11) is 0. The molecule has 3 rings (SSSR count). The molecule has 1 saturated carbocycles. The number of nitrogens with two attached hydrogens (primary N) is 1. The second-order valence-electron chi connectivity index (χ2n) is 6.91. The Morgan fingerprint density at radius 3 is 2.67 bits per heavy atom. The van der Waals surface area contributed by atoms with E-state index in [0.29, 0.717) is 0 Å². The Labute approximate surface area is 137 Å². The molecule has 2 nitrogen and oxygen atoms in total. The molecule has 2 fully saturated rings. The largest absolute Gasteiger partial charge is 0.367 e. The minimum absolute atomic E-state index is 0.223. The highest BCUT2D eigenvalue weighted by atomic mass is 79.9. The maximum Gasteiger partial charge on any atom is 0.0513 e. The fourth-order valence-corrected chi connectivity index (χ4v) is 4.86. The zero-order chi connectivity index (χ0) is 14.8. The molecular formula is C18H27BrN2. The van der Waals surface area contributed by atoms with Gasteiger partial charge in [0, 0.05) is 23.1 Å². The van der Waals surface area contributed by atoms with Crippen molar-refractivity contribution in [3.8, 4) is 0 Å². The van der Waals surface area contributed by atoms with Gasteiger partial charge in [-0.1, -0.05) is 18.9 Å². The molecule has 1 aliphatic carbocycles. The lowest BCUT2D eigenvalue weighted by Gasteiger charge is -2.32. The number of hydrogen-bond acceptors (Lipinski definition) is 2. The second kappa shape index (κ2) is 6.70. The lowest BCUT2D eigenvalue weighted by atomic mass is 9.95. The molecule has 1 aromatic rings. The van der Waals surface area contributed by atoms with E-state index in [4.69, 9.17) is 5.73 Å². The number of hydrogen-bond donors (Lipinski definition) is 1. The highest BCUT2D eigenvalue weighted by Gasteiger charge is 2.34. The molecule has 3 heteroatoms. The van der Waals surface area contributed by atoms with Crippen LogP contribution in [0.4, 0.5) is 5.69 Å². The van der Waals surface area contributed by atoms with E-state index in [0.717, 1.165) is 18.4 Å². The Morgan fingerprint density at radius 2 is 2.00 bits per heavy atom. The lowest BCUT2D eigenvalue weighted by molar-refractivity contribution is 0.430. The maximum atomic E-state index is 5.91. The van der Waals surface area contributed by atoms with E-state index < -0.39 is 0 Å². The van der Waals surface area contributed by atoms with Gasteiger partial charge in [0.15, 0.2) is 0 Å². The van der Waals surface area contributed by atoms with Crippen LogP contribution >= 0.6 is 15.9 Å². The molecule has 0 radical (unpaired) electrons. The van der Waals surface area contributed by atoms with Gasteiger partial charge in [-0.3, -0.25) is 0 Å². The van der Waals surface area contributed by atoms with Crippen molar-refractivity contribution >= 4 is 21.6 Å². The smallest absolute Gasteiger partial charge is 0.0513 e. The van der Waals surface area contributed by atoms with Gasteiger partial charge in [0.25, 0.3) is 0 Å². The van der Waals surface area contributed by atoms with Gasteiger partial charge >= 0.3 is 0 Å². The number of benzene rings is 1. The van der Waals surface area contributed by atoms with Gasteiger partial charge < -0.3 is 10.6 Å². The van der Waals surface area contributed by atoms with E-state index in [9.17, 15) is 0 Å². The highest BCUT2D eigenvalue weighted by molar-refractivity contribution is 9.10. The summed E-state index contributed by atoms with van der Waals surface area (Å²) in [4.78, 5) is 2.66. The van der Waals surface area contributed by atoms with Crippen LogP contribution < -0.4 is 10.6 Å². The predicted molar refractivity (Wildman–Crippen MR) is 93.8 cm³/mol. The highest BCUT2D eigenvalue weighted by Crippen LogP contribution is 2.40. The average Bonchev–Trinajstić information content (AvgIpc) is 3.08. The molecule has 1 aromatic carbocycles. The SMILES string of the molecule is CC(N)Cc1ccc(N2CCCC2C2CCCC2)c(Br)c1. The van der Waals surface area contributed by atoms with Crippen LogP contribution in [0.15, 0.2) is 22.7 Å². The molecule has 21 heavy (non-hydrogen) atoms. The van der Waals surface area contributed by atoms with Gasteiger partial charge in [-0.15, -0.1) is 0 Å². The Hall–Kier alpha value is -0.540. The fraction of sp³-hybridized carbons (Fsp3) is 0.667. The normalized spacial score (nSPS) is 24.7. The van der Waals surface area contributed by atoms with Crippen LogP contribution in [0.3, 0.4) is 0 Å². The van der Waals surface area contributed by atoms with Crippen molar-refractivity contribution in [1.29, 1.82) is 0 Å². The standard InChI is InChI=1S/C18H27BrN2/c1-13(20)11-14-8-9-18(16(19)12-14)21-10-4-7-17(21)15-5-2-3-6-15/h8-9,12-13,15,17H,2-7,10-11,20H2,1H3. The van der Waals surface area contributed by atoms with Crippen LogP contribution in [0, 0.1) is 5.92 Å². The zero-order valence-corrected chi connectivity index (χ0v) is 14.6. The Kier molecular flexibility index (Phi) is 4.90. The number of nitrogens with zero attached hydrogens (tertiary/aromatic N) is 1. The van der Waals surface area contributed by atoms with Crippen LogP contribution in [0.25, 0.3) is 0 Å². The monoisotopic (exact) mass is 350 g/mol. The Balaban J connectivity index is 1.78. The summed E-state index contributed by atoms with van der Waals surface area (Å²) in [6, 6.07) is 7.81. The zero-order valence-electron chi connectivity index (χ0n) is 13.0. The molecule has 2 aliphatic rings. The van der Waals surface area contributed by atoms with Crippen LogP contribution in [0.1, 0.15) is 51.0 Å². The van der Waals surface area contributed by atoms with Crippen molar-refractivity contribution in [2.45, 2.75) is 64.0 Å². The summed E-state index contributed by atoms with van der Waals surface area (Å²) < 4.78 is 1.24. The van der Waals surface area contributed by atoms with E-state index in [1.165, 1.54) is 60.8 Å². The number of halogens is 1. The van der Waals surface area contributed by atoms with Crippen LogP contribution in [0.2, 0.25) is 0 Å². The minimum atomic E-state index is 0.223. The quantitative estimate of drug-likeness (QED) is 0.866. The molecule has 0 bridgehead atoms. The Bertz CT molecular complexity index is 480. The number of rotatable bonds is 4. The van der Waals surface area contributed by atoms with Crippen LogP contribution in [-0.2, 0) is 6.42 Å². The summed E-state index contributed by atoms with van der Waals surface area (Å²) in [6.07, 6.45) is 9.40. The van der Waals surface area contributed by atoms with E-state index in [1.807, 2.05) is 0 Å². The Morgan fingerprint density at radius 1 is 1.24 bits per heavy atom. The summed E-state index contributed by atoms with van der Waals surface area (Å²) in [5.41, 5.74) is 8.63. The van der Waals surface area contributed by atoms with E-state index in [1.54, 1.807) is 0 Å². The fourth-order valence-electron chi connectivity index (χ4n) is 4.21. The van der Waals surface area contributed by atoms with Crippen molar-refractivity contribution in [3.63, 3.8) is 0 Å². The molecular weight excluding hydrogens is 324 g/mol. The molecule has 116 valence electrons. The first-order chi connectivity index (χ1) is 10.1. The molecule has 2 atom stereocenters. The third kappa shape index (κ3) is 3.45. The van der Waals surface area contributed by atoms with Gasteiger partial charge in [-0.05, 0) is 78.6 Å². The van der Waals surface area contributed by atoms with Gasteiger partial charge in [-0.25, -0.2) is 0 Å². The molecule has 1 heterocycles. The van der Waals surface area contributed by atoms with Gasteiger partial charge in [-0.2, -0.15) is 0 Å². The van der Waals surface area contributed by atoms with Crippen molar-refractivity contribution in [2.24, 2.45) is 11.7 Å². The average molecular weight is 351 g/mol. The summed E-state index contributed by atoms with van der Waals surface area (Å²) in [5, 5.41) is 0. The second-order valence-corrected chi connectivity index (χ2v) is 7.77. The van der Waals surface area contributed by atoms with Gasteiger partial charge in [0.1, 0.15) is 0 Å². The van der Waals surface area contributed by atoms with E-state index >= 15 is 0 Å². The first-order valence-corrected chi connectivity index (χ1v) is 9.25. The van der Waals surface area contributed by atoms with Crippen molar-refractivity contribution in [1.82, 2.24) is 0 Å². The minimum Gasteiger partial charge on any atom is -0.367 e. The molecule has 1 aliphatic heterocycles. The molecule has 2 N–H and O–H groups in total. The lowest BCUT2D eigenvalue weighted by Crippen LogP contribution is -2.34. The summed E-state index contributed by atoms with van der Waals surface area (Å²) in [6.45, 7) is 3.28. The predicted octanol–water partition coefficient (Wildman–Crippen LogP) is 4.50. The third-order valence-electron chi connectivity index (χ3n) is 5.12. The first kappa shape index (κ1) is 15.4. The third-order valence-corrected chi connectivity index (χ3v) is 5.76. The summed E-state index contributed by atoms with van der Waals surface area (Å²) >= 11 is 3.80.